The van der Waals surface area contributed by atoms with Gasteiger partial charge in [0, 0.05) is 45.4 Å². The molecule has 1 saturated heterocycles. The molecule has 6 rings (SSSR count). The lowest BCUT2D eigenvalue weighted by molar-refractivity contribution is -0.130. The number of hydrogen-bond donors (Lipinski definition) is 4. The molecule has 236 valence electrons. The van der Waals surface area contributed by atoms with Crippen LogP contribution in [0, 0.1) is 11.8 Å². The standard InChI is InChI=1S/C34H41N7O4/c1-20(2)27-19-41(33(45)38-27)34(32(44)35-3)17-24-11-12-26(16-25(24)18-34)37-31(43)29(39-30(42)28-13-14-36-40(28)4)23-10-9-21-7-5-6-8-22(21)15-23/h5-8,11-14,16,20,23,27,29H,9-10,15,17-19H2,1-4H3,(H,35,44)(H,37,43)(H,38,45)(H,39,42)/t23?,27-,29?,34?/m0/s1. The Labute approximate surface area is 263 Å². The van der Waals surface area contributed by atoms with Gasteiger partial charge in [-0.1, -0.05) is 44.2 Å². The van der Waals surface area contributed by atoms with Crippen LogP contribution in [0.2, 0.25) is 0 Å². The first-order valence-corrected chi connectivity index (χ1v) is 15.7. The molecule has 1 aliphatic heterocycles. The minimum atomic E-state index is -1.05. The van der Waals surface area contributed by atoms with Gasteiger partial charge in [-0.25, -0.2) is 4.79 Å². The summed E-state index contributed by atoms with van der Waals surface area (Å²) < 4.78 is 1.49. The average molecular weight is 612 g/mol. The van der Waals surface area contributed by atoms with E-state index in [4.69, 9.17) is 0 Å². The van der Waals surface area contributed by atoms with E-state index in [0.29, 0.717) is 37.2 Å². The predicted octanol–water partition coefficient (Wildman–Crippen LogP) is 2.60. The van der Waals surface area contributed by atoms with E-state index in [1.165, 1.54) is 15.8 Å². The fraction of sp³-hybridized carbons (Fsp3) is 0.441. The van der Waals surface area contributed by atoms with Crippen LogP contribution in [0.1, 0.15) is 53.0 Å². The minimum absolute atomic E-state index is 0.0390. The van der Waals surface area contributed by atoms with Crippen LogP contribution in [0.15, 0.2) is 54.7 Å². The number of benzene rings is 2. The van der Waals surface area contributed by atoms with Gasteiger partial charge in [0.15, 0.2) is 0 Å². The molecule has 45 heavy (non-hydrogen) atoms. The van der Waals surface area contributed by atoms with Crippen molar-refractivity contribution in [2.24, 2.45) is 18.9 Å². The highest BCUT2D eigenvalue weighted by molar-refractivity contribution is 6.01. The molecule has 0 radical (unpaired) electrons. The third-order valence-electron chi connectivity index (χ3n) is 9.82. The first-order chi connectivity index (χ1) is 21.6. The molecule has 2 aliphatic carbocycles. The average Bonchev–Trinajstić information content (AvgIpc) is 3.75. The molecule has 1 fully saturated rings. The number of fused-ring (bicyclic) bond motifs is 2. The summed E-state index contributed by atoms with van der Waals surface area (Å²) in [5.41, 5.74) is 4.22. The zero-order valence-electron chi connectivity index (χ0n) is 26.2. The van der Waals surface area contributed by atoms with Crippen LogP contribution in [0.25, 0.3) is 0 Å². The first-order valence-electron chi connectivity index (χ1n) is 15.7. The summed E-state index contributed by atoms with van der Waals surface area (Å²) in [6.45, 7) is 4.56. The maximum absolute atomic E-state index is 14.0. The lowest BCUT2D eigenvalue weighted by Crippen LogP contribution is -2.60. The molecule has 5 amide bonds. The number of aromatic nitrogens is 2. The lowest BCUT2D eigenvalue weighted by Gasteiger charge is -2.36. The van der Waals surface area contributed by atoms with Crippen molar-refractivity contribution in [2.45, 2.75) is 63.6 Å². The Hall–Kier alpha value is -4.67. The Morgan fingerprint density at radius 3 is 2.47 bits per heavy atom. The summed E-state index contributed by atoms with van der Waals surface area (Å²) >= 11 is 0. The van der Waals surface area contributed by atoms with Gasteiger partial charge in [0.2, 0.25) is 11.8 Å². The van der Waals surface area contributed by atoms with Crippen LogP contribution >= 0.6 is 0 Å². The second kappa shape index (κ2) is 12.0. The fourth-order valence-electron chi connectivity index (χ4n) is 7.19. The monoisotopic (exact) mass is 611 g/mol. The summed E-state index contributed by atoms with van der Waals surface area (Å²) in [6, 6.07) is 14.4. The Morgan fingerprint density at radius 1 is 1.02 bits per heavy atom. The molecule has 4 atom stereocenters. The number of hydrogen-bond acceptors (Lipinski definition) is 5. The molecule has 11 nitrogen and oxygen atoms in total. The van der Waals surface area contributed by atoms with E-state index in [-0.39, 0.29) is 41.6 Å². The molecule has 3 unspecified atom stereocenters. The zero-order valence-corrected chi connectivity index (χ0v) is 26.2. The summed E-state index contributed by atoms with van der Waals surface area (Å²) in [5.74, 6) is -0.740. The van der Waals surface area contributed by atoms with E-state index in [0.717, 1.165) is 24.0 Å². The van der Waals surface area contributed by atoms with Crippen molar-refractivity contribution in [1.29, 1.82) is 0 Å². The SMILES string of the molecule is CNC(=O)C1(N2C[C@@H](C(C)C)NC2=O)Cc2ccc(NC(=O)C(NC(=O)c3ccnn3C)C3CCc4ccccc4C3)cc2C1. The number of rotatable bonds is 8. The maximum atomic E-state index is 14.0. The van der Waals surface area contributed by atoms with Crippen LogP contribution in [0.3, 0.4) is 0 Å². The largest absolute Gasteiger partial charge is 0.357 e. The molecule has 1 aromatic heterocycles. The fourth-order valence-corrected chi connectivity index (χ4v) is 7.19. The second-order valence-electron chi connectivity index (χ2n) is 12.9. The van der Waals surface area contributed by atoms with Crippen LogP contribution in [0.5, 0.6) is 0 Å². The normalized spacial score (nSPS) is 22.8. The van der Waals surface area contributed by atoms with Crippen molar-refractivity contribution in [3.63, 3.8) is 0 Å². The lowest BCUT2D eigenvalue weighted by atomic mass is 9.79. The van der Waals surface area contributed by atoms with Crippen molar-refractivity contribution in [3.8, 4) is 0 Å². The van der Waals surface area contributed by atoms with Gasteiger partial charge < -0.3 is 26.2 Å². The summed E-state index contributed by atoms with van der Waals surface area (Å²) in [5, 5.41) is 16.0. The van der Waals surface area contributed by atoms with Gasteiger partial charge in [-0.15, -0.1) is 0 Å². The number of amides is 5. The van der Waals surface area contributed by atoms with Crippen molar-refractivity contribution in [1.82, 2.24) is 30.6 Å². The Bertz CT molecular complexity index is 1650. The van der Waals surface area contributed by atoms with Gasteiger partial charge in [-0.3, -0.25) is 19.1 Å². The van der Waals surface area contributed by atoms with Crippen LogP contribution in [-0.2, 0) is 42.3 Å². The van der Waals surface area contributed by atoms with Gasteiger partial charge in [0.05, 0.1) is 6.04 Å². The second-order valence-corrected chi connectivity index (χ2v) is 12.9. The molecule has 2 aromatic carbocycles. The highest BCUT2D eigenvalue weighted by Gasteiger charge is 2.53. The molecular formula is C34H41N7O4. The third-order valence-corrected chi connectivity index (χ3v) is 9.82. The number of likely N-dealkylation sites (N-methyl/N-ethyl adjacent to an activating group) is 1. The number of urea groups is 1. The van der Waals surface area contributed by atoms with E-state index in [2.05, 4.69) is 52.3 Å². The molecule has 2 heterocycles. The molecule has 4 N–H and O–H groups in total. The molecule has 0 bridgehead atoms. The van der Waals surface area contributed by atoms with E-state index < -0.39 is 11.6 Å². The number of nitrogens with zero attached hydrogens (tertiary/aromatic N) is 3. The highest BCUT2D eigenvalue weighted by Crippen LogP contribution is 2.38. The number of aryl methyl sites for hydroxylation is 2. The van der Waals surface area contributed by atoms with Crippen molar-refractivity contribution in [3.05, 3.63) is 82.7 Å². The first kappa shape index (κ1) is 30.4. The molecule has 3 aliphatic rings. The molecule has 11 heteroatoms. The van der Waals surface area contributed by atoms with E-state index in [1.807, 2.05) is 30.3 Å². The van der Waals surface area contributed by atoms with Gasteiger partial charge in [0.25, 0.3) is 5.91 Å². The molecule has 0 saturated carbocycles. The van der Waals surface area contributed by atoms with Gasteiger partial charge in [-0.2, -0.15) is 5.10 Å². The topological polar surface area (TPSA) is 137 Å². The summed E-state index contributed by atoms with van der Waals surface area (Å²) in [4.78, 5) is 55.4. The summed E-state index contributed by atoms with van der Waals surface area (Å²) in [7, 11) is 3.29. The predicted molar refractivity (Wildman–Crippen MR) is 170 cm³/mol. The van der Waals surface area contributed by atoms with E-state index in [9.17, 15) is 19.2 Å². The quantitative estimate of drug-likeness (QED) is 0.310. The number of carbonyl (C=O) groups is 4. The van der Waals surface area contributed by atoms with E-state index >= 15 is 0 Å². The molecular weight excluding hydrogens is 570 g/mol. The van der Waals surface area contributed by atoms with Gasteiger partial charge >= 0.3 is 6.03 Å². The summed E-state index contributed by atoms with van der Waals surface area (Å²) in [6.07, 6.45) is 4.54. The number of anilines is 1. The Balaban J connectivity index is 1.24. The number of carbonyl (C=O) groups excluding carboxylic acids is 4. The van der Waals surface area contributed by atoms with Crippen LogP contribution < -0.4 is 21.3 Å². The highest BCUT2D eigenvalue weighted by atomic mass is 16.2. The minimum Gasteiger partial charge on any atom is -0.357 e. The zero-order chi connectivity index (χ0) is 31.9. The van der Waals surface area contributed by atoms with Crippen molar-refractivity contribution in [2.75, 3.05) is 18.9 Å². The van der Waals surface area contributed by atoms with Gasteiger partial charge in [0.1, 0.15) is 17.3 Å². The Morgan fingerprint density at radius 2 is 1.78 bits per heavy atom. The number of nitrogens with one attached hydrogen (secondary N) is 4. The van der Waals surface area contributed by atoms with Crippen molar-refractivity contribution >= 4 is 29.4 Å². The third kappa shape index (κ3) is 5.67. The molecule has 3 aromatic rings. The van der Waals surface area contributed by atoms with Crippen molar-refractivity contribution < 1.29 is 19.2 Å². The Kier molecular flexibility index (Phi) is 8.11. The van der Waals surface area contributed by atoms with Crippen LogP contribution in [-0.4, -0.2) is 69.6 Å². The van der Waals surface area contributed by atoms with E-state index in [1.54, 1.807) is 31.3 Å². The van der Waals surface area contributed by atoms with Crippen LogP contribution in [0.4, 0.5) is 10.5 Å². The maximum Gasteiger partial charge on any atom is 0.318 e. The van der Waals surface area contributed by atoms with Gasteiger partial charge in [-0.05, 0) is 71.6 Å². The molecule has 0 spiro atoms. The smallest absolute Gasteiger partial charge is 0.318 e.